The van der Waals surface area contributed by atoms with Crippen molar-refractivity contribution in [3.05, 3.63) is 53.1 Å². The summed E-state index contributed by atoms with van der Waals surface area (Å²) in [6.07, 6.45) is 0. The van der Waals surface area contributed by atoms with Gasteiger partial charge in [-0.2, -0.15) is 5.26 Å². The fourth-order valence-corrected chi connectivity index (χ4v) is 1.70. The lowest BCUT2D eigenvalue weighted by Gasteiger charge is -2.06. The molecular weight excluding hydrogens is 222 g/mol. The number of nitrogens with zero attached hydrogens (tertiary/aromatic N) is 1. The van der Waals surface area contributed by atoms with Gasteiger partial charge in [-0.3, -0.25) is 0 Å². The molecule has 0 atom stereocenters. The third kappa shape index (κ3) is 1.86. The van der Waals surface area contributed by atoms with E-state index in [2.05, 4.69) is 0 Å². The summed E-state index contributed by atoms with van der Waals surface area (Å²) in [6, 6.07) is 14.3. The van der Waals surface area contributed by atoms with Crippen LogP contribution in [0.5, 0.6) is 5.75 Å². The van der Waals surface area contributed by atoms with Crippen molar-refractivity contribution in [2.45, 2.75) is 0 Å². The minimum Gasteiger partial charge on any atom is -0.507 e. The number of aromatic hydroxyl groups is 1. The quantitative estimate of drug-likeness (QED) is 0.812. The van der Waals surface area contributed by atoms with Gasteiger partial charge in [-0.25, -0.2) is 0 Å². The summed E-state index contributed by atoms with van der Waals surface area (Å²) in [6.45, 7) is 0. The lowest BCUT2D eigenvalue weighted by Crippen LogP contribution is -1.83. The van der Waals surface area contributed by atoms with Crippen molar-refractivity contribution in [3.8, 4) is 22.9 Å². The van der Waals surface area contributed by atoms with Gasteiger partial charge in [-0.05, 0) is 11.6 Å². The Hall–Kier alpha value is -1.98. The van der Waals surface area contributed by atoms with E-state index in [9.17, 15) is 5.11 Å². The predicted molar refractivity (Wildman–Crippen MR) is 63.3 cm³/mol. The van der Waals surface area contributed by atoms with Crippen molar-refractivity contribution in [2.75, 3.05) is 0 Å². The Morgan fingerprint density at radius 2 is 1.81 bits per heavy atom. The van der Waals surface area contributed by atoms with E-state index in [1.807, 2.05) is 36.4 Å². The van der Waals surface area contributed by atoms with E-state index in [1.54, 1.807) is 6.07 Å². The summed E-state index contributed by atoms with van der Waals surface area (Å²) in [5.41, 5.74) is 1.83. The van der Waals surface area contributed by atoms with Crippen LogP contribution in [0, 0.1) is 11.3 Å². The molecule has 0 aliphatic carbocycles. The first-order chi connectivity index (χ1) is 7.72. The molecule has 0 amide bonds. The normalized spacial score (nSPS) is 9.75. The molecule has 0 spiro atoms. The second-order valence-corrected chi connectivity index (χ2v) is 3.73. The highest BCUT2D eigenvalue weighted by Crippen LogP contribution is 2.33. The van der Waals surface area contributed by atoms with Gasteiger partial charge >= 0.3 is 0 Å². The zero-order chi connectivity index (χ0) is 11.5. The highest BCUT2D eigenvalue weighted by Gasteiger charge is 2.08. The number of benzene rings is 2. The summed E-state index contributed by atoms with van der Waals surface area (Å²) >= 11 is 5.81. The summed E-state index contributed by atoms with van der Waals surface area (Å²) in [5.74, 6) is 0.0789. The van der Waals surface area contributed by atoms with E-state index in [4.69, 9.17) is 16.9 Å². The van der Waals surface area contributed by atoms with Crippen LogP contribution in [0.3, 0.4) is 0 Å². The number of hydrogen-bond donors (Lipinski definition) is 1. The molecule has 0 radical (unpaired) electrons. The number of rotatable bonds is 1. The van der Waals surface area contributed by atoms with Crippen LogP contribution in [0.4, 0.5) is 0 Å². The molecule has 78 valence electrons. The fourth-order valence-electron chi connectivity index (χ4n) is 1.50. The Labute approximate surface area is 98.3 Å². The Kier molecular flexibility index (Phi) is 2.80. The SMILES string of the molecule is N#Cc1cc(-c2ccccc2)c(O)cc1Cl. The molecule has 0 aliphatic rings. The first kappa shape index (κ1) is 10.5. The van der Waals surface area contributed by atoms with Gasteiger partial charge in [-0.15, -0.1) is 0 Å². The zero-order valence-corrected chi connectivity index (χ0v) is 9.07. The Balaban J connectivity index is 2.63. The van der Waals surface area contributed by atoms with Crippen molar-refractivity contribution < 1.29 is 5.11 Å². The van der Waals surface area contributed by atoms with E-state index in [0.29, 0.717) is 11.1 Å². The van der Waals surface area contributed by atoms with E-state index < -0.39 is 0 Å². The molecular formula is C13H8ClNO. The zero-order valence-electron chi connectivity index (χ0n) is 8.31. The van der Waals surface area contributed by atoms with E-state index >= 15 is 0 Å². The predicted octanol–water partition coefficient (Wildman–Crippen LogP) is 3.58. The van der Waals surface area contributed by atoms with Gasteiger partial charge in [0.15, 0.2) is 0 Å². The Morgan fingerprint density at radius 1 is 1.12 bits per heavy atom. The smallest absolute Gasteiger partial charge is 0.124 e. The van der Waals surface area contributed by atoms with Crippen LogP contribution >= 0.6 is 11.6 Å². The van der Waals surface area contributed by atoms with Gasteiger partial charge in [0.1, 0.15) is 11.8 Å². The monoisotopic (exact) mass is 229 g/mol. The van der Waals surface area contributed by atoms with Gasteiger partial charge < -0.3 is 5.11 Å². The first-order valence-corrected chi connectivity index (χ1v) is 5.08. The van der Waals surface area contributed by atoms with Crippen molar-refractivity contribution in [1.29, 1.82) is 5.26 Å². The van der Waals surface area contributed by atoms with Crippen LogP contribution in [0.25, 0.3) is 11.1 Å². The molecule has 0 aromatic heterocycles. The summed E-state index contributed by atoms with van der Waals surface area (Å²) in [5, 5.41) is 18.9. The molecule has 1 N–H and O–H groups in total. The van der Waals surface area contributed by atoms with Crippen LogP contribution in [0.1, 0.15) is 5.56 Å². The third-order valence-electron chi connectivity index (χ3n) is 2.29. The number of phenolic OH excluding ortho intramolecular Hbond substituents is 1. The lowest BCUT2D eigenvalue weighted by atomic mass is 10.0. The third-order valence-corrected chi connectivity index (χ3v) is 2.60. The van der Waals surface area contributed by atoms with E-state index in [-0.39, 0.29) is 10.8 Å². The highest BCUT2D eigenvalue weighted by atomic mass is 35.5. The van der Waals surface area contributed by atoms with Crippen molar-refractivity contribution in [2.24, 2.45) is 0 Å². The van der Waals surface area contributed by atoms with E-state index in [0.717, 1.165) is 5.56 Å². The topological polar surface area (TPSA) is 44.0 Å². The van der Waals surface area contributed by atoms with Crippen molar-refractivity contribution in [3.63, 3.8) is 0 Å². The summed E-state index contributed by atoms with van der Waals surface area (Å²) < 4.78 is 0. The molecule has 0 unspecified atom stereocenters. The molecule has 0 bridgehead atoms. The van der Waals surface area contributed by atoms with Crippen molar-refractivity contribution >= 4 is 11.6 Å². The maximum atomic E-state index is 9.77. The number of hydrogen-bond acceptors (Lipinski definition) is 2. The molecule has 3 heteroatoms. The van der Waals surface area contributed by atoms with Crippen molar-refractivity contribution in [1.82, 2.24) is 0 Å². The van der Waals surface area contributed by atoms with Crippen LogP contribution in [-0.2, 0) is 0 Å². The average molecular weight is 230 g/mol. The molecule has 2 aromatic carbocycles. The second kappa shape index (κ2) is 4.26. The fraction of sp³-hybridized carbons (Fsp3) is 0. The number of phenols is 1. The van der Waals surface area contributed by atoms with Gasteiger partial charge in [0.25, 0.3) is 0 Å². The van der Waals surface area contributed by atoms with Crippen LogP contribution in [0.15, 0.2) is 42.5 Å². The van der Waals surface area contributed by atoms with E-state index in [1.165, 1.54) is 6.07 Å². The average Bonchev–Trinajstić information content (AvgIpc) is 2.30. The van der Waals surface area contributed by atoms with Crippen LogP contribution in [0.2, 0.25) is 5.02 Å². The molecule has 2 aromatic rings. The maximum absolute atomic E-state index is 9.77. The summed E-state index contributed by atoms with van der Waals surface area (Å²) in [7, 11) is 0. The molecule has 0 heterocycles. The van der Waals surface area contributed by atoms with Gasteiger partial charge in [-0.1, -0.05) is 41.9 Å². The van der Waals surface area contributed by atoms with Gasteiger partial charge in [0, 0.05) is 11.6 Å². The van der Waals surface area contributed by atoms with Crippen LogP contribution in [-0.4, -0.2) is 5.11 Å². The number of halogens is 1. The van der Waals surface area contributed by atoms with Gasteiger partial charge in [0.2, 0.25) is 0 Å². The molecule has 0 aliphatic heterocycles. The standard InChI is InChI=1S/C13H8ClNO/c14-12-7-13(16)11(6-10(12)8-15)9-4-2-1-3-5-9/h1-7,16H. The summed E-state index contributed by atoms with van der Waals surface area (Å²) in [4.78, 5) is 0. The number of nitriles is 1. The minimum absolute atomic E-state index is 0.0789. The maximum Gasteiger partial charge on any atom is 0.124 e. The molecule has 0 fully saturated rings. The molecule has 16 heavy (non-hydrogen) atoms. The largest absolute Gasteiger partial charge is 0.507 e. The molecule has 2 nitrogen and oxygen atoms in total. The van der Waals surface area contributed by atoms with Gasteiger partial charge in [0.05, 0.1) is 10.6 Å². The highest BCUT2D eigenvalue weighted by molar-refractivity contribution is 6.32. The molecule has 0 saturated heterocycles. The Bertz CT molecular complexity index is 558. The lowest BCUT2D eigenvalue weighted by molar-refractivity contribution is 0.477. The second-order valence-electron chi connectivity index (χ2n) is 3.33. The Morgan fingerprint density at radius 3 is 2.44 bits per heavy atom. The first-order valence-electron chi connectivity index (χ1n) is 4.70. The van der Waals surface area contributed by atoms with Crippen LogP contribution < -0.4 is 0 Å². The molecule has 0 saturated carbocycles. The molecule has 2 rings (SSSR count). The minimum atomic E-state index is 0.0789.